The van der Waals surface area contributed by atoms with Gasteiger partial charge < -0.3 is 19.7 Å². The first kappa shape index (κ1) is 17.5. The van der Waals surface area contributed by atoms with Gasteiger partial charge in [0.2, 0.25) is 0 Å². The number of methoxy groups -OCH3 is 2. The van der Waals surface area contributed by atoms with E-state index in [1.807, 2.05) is 24.4 Å². The molecule has 25 heavy (non-hydrogen) atoms. The molecule has 5 heteroatoms. The fourth-order valence-corrected chi connectivity index (χ4v) is 3.30. The molecule has 0 bridgehead atoms. The SMILES string of the molecule is COc1cccc(OC)c1CNCc1ccnc(N2CCCCC2)c1. The van der Waals surface area contributed by atoms with Crippen molar-refractivity contribution in [3.8, 4) is 11.5 Å². The molecule has 2 aromatic rings. The fraction of sp³-hybridized carbons (Fsp3) is 0.450. The molecule has 1 aromatic heterocycles. The highest BCUT2D eigenvalue weighted by molar-refractivity contribution is 5.45. The van der Waals surface area contributed by atoms with Crippen LogP contribution in [0.4, 0.5) is 5.82 Å². The van der Waals surface area contributed by atoms with E-state index >= 15 is 0 Å². The molecule has 1 saturated heterocycles. The first-order chi connectivity index (χ1) is 12.3. The second-order valence-electron chi connectivity index (χ2n) is 6.31. The Kier molecular flexibility index (Phi) is 6.12. The summed E-state index contributed by atoms with van der Waals surface area (Å²) in [5.41, 5.74) is 2.28. The average Bonchev–Trinajstić information content (AvgIpc) is 2.69. The molecular formula is C20H27N3O2. The minimum absolute atomic E-state index is 0.689. The van der Waals surface area contributed by atoms with Crippen LogP contribution in [0.1, 0.15) is 30.4 Å². The molecule has 2 heterocycles. The van der Waals surface area contributed by atoms with Gasteiger partial charge in [0.05, 0.1) is 14.2 Å². The molecule has 0 unspecified atom stereocenters. The lowest BCUT2D eigenvalue weighted by Crippen LogP contribution is -2.30. The number of anilines is 1. The maximum atomic E-state index is 5.45. The van der Waals surface area contributed by atoms with E-state index in [2.05, 4.69) is 27.3 Å². The molecular weight excluding hydrogens is 314 g/mol. The van der Waals surface area contributed by atoms with Gasteiger partial charge in [0.25, 0.3) is 0 Å². The van der Waals surface area contributed by atoms with E-state index in [1.54, 1.807) is 14.2 Å². The standard InChI is InChI=1S/C20H27N3O2/c1-24-18-7-6-8-19(25-2)17(18)15-21-14-16-9-10-22-20(13-16)23-11-4-3-5-12-23/h6-10,13,21H,3-5,11-12,14-15H2,1-2H3. The quantitative estimate of drug-likeness (QED) is 0.836. The Morgan fingerprint density at radius 3 is 2.40 bits per heavy atom. The lowest BCUT2D eigenvalue weighted by molar-refractivity contribution is 0.382. The van der Waals surface area contributed by atoms with E-state index in [0.29, 0.717) is 6.54 Å². The van der Waals surface area contributed by atoms with Crippen LogP contribution in [0.25, 0.3) is 0 Å². The van der Waals surface area contributed by atoms with Gasteiger partial charge in [-0.25, -0.2) is 4.98 Å². The van der Waals surface area contributed by atoms with Crippen molar-refractivity contribution in [2.75, 3.05) is 32.2 Å². The van der Waals surface area contributed by atoms with E-state index in [-0.39, 0.29) is 0 Å². The molecule has 0 spiro atoms. The minimum Gasteiger partial charge on any atom is -0.496 e. The number of benzene rings is 1. The maximum absolute atomic E-state index is 5.45. The van der Waals surface area contributed by atoms with E-state index in [4.69, 9.17) is 9.47 Å². The lowest BCUT2D eigenvalue weighted by Gasteiger charge is -2.28. The number of piperidine rings is 1. The zero-order valence-electron chi connectivity index (χ0n) is 15.1. The van der Waals surface area contributed by atoms with Crippen molar-refractivity contribution < 1.29 is 9.47 Å². The summed E-state index contributed by atoms with van der Waals surface area (Å²) in [7, 11) is 3.37. The maximum Gasteiger partial charge on any atom is 0.128 e. The molecule has 1 aliphatic rings. The Morgan fingerprint density at radius 1 is 1.00 bits per heavy atom. The molecule has 134 valence electrons. The minimum atomic E-state index is 0.689. The average molecular weight is 341 g/mol. The Bertz CT molecular complexity index is 662. The van der Waals surface area contributed by atoms with Crippen LogP contribution < -0.4 is 19.7 Å². The topological polar surface area (TPSA) is 46.6 Å². The molecule has 1 aromatic carbocycles. The summed E-state index contributed by atoms with van der Waals surface area (Å²) >= 11 is 0. The highest BCUT2D eigenvalue weighted by Gasteiger charge is 2.13. The van der Waals surface area contributed by atoms with Gasteiger partial charge in [-0.05, 0) is 49.1 Å². The van der Waals surface area contributed by atoms with Gasteiger partial charge in [0, 0.05) is 37.9 Å². The van der Waals surface area contributed by atoms with E-state index < -0.39 is 0 Å². The van der Waals surface area contributed by atoms with Crippen molar-refractivity contribution in [2.24, 2.45) is 0 Å². The van der Waals surface area contributed by atoms with Crippen molar-refractivity contribution in [3.63, 3.8) is 0 Å². The molecule has 1 aliphatic heterocycles. The van der Waals surface area contributed by atoms with Crippen molar-refractivity contribution in [2.45, 2.75) is 32.4 Å². The monoisotopic (exact) mass is 341 g/mol. The summed E-state index contributed by atoms with van der Waals surface area (Å²) in [5.74, 6) is 2.78. The third-order valence-electron chi connectivity index (χ3n) is 4.65. The van der Waals surface area contributed by atoms with Gasteiger partial charge in [-0.15, -0.1) is 0 Å². The molecule has 0 amide bonds. The summed E-state index contributed by atoms with van der Waals surface area (Å²) in [6, 6.07) is 10.1. The number of rotatable bonds is 7. The molecule has 1 N–H and O–H groups in total. The van der Waals surface area contributed by atoms with Crippen molar-refractivity contribution in [3.05, 3.63) is 47.7 Å². The Morgan fingerprint density at radius 2 is 1.72 bits per heavy atom. The first-order valence-corrected chi connectivity index (χ1v) is 8.92. The van der Waals surface area contributed by atoms with Gasteiger partial charge in [-0.2, -0.15) is 0 Å². The highest BCUT2D eigenvalue weighted by atomic mass is 16.5. The van der Waals surface area contributed by atoms with Gasteiger partial charge in [0.15, 0.2) is 0 Å². The number of aromatic nitrogens is 1. The van der Waals surface area contributed by atoms with Gasteiger partial charge in [-0.3, -0.25) is 0 Å². The number of pyridine rings is 1. The van der Waals surface area contributed by atoms with Crippen molar-refractivity contribution in [1.82, 2.24) is 10.3 Å². The fourth-order valence-electron chi connectivity index (χ4n) is 3.30. The number of ether oxygens (including phenoxy) is 2. The zero-order valence-corrected chi connectivity index (χ0v) is 15.1. The van der Waals surface area contributed by atoms with Crippen LogP contribution in [0.2, 0.25) is 0 Å². The normalized spacial score (nSPS) is 14.4. The highest BCUT2D eigenvalue weighted by Crippen LogP contribution is 2.28. The van der Waals surface area contributed by atoms with Gasteiger partial charge in [0.1, 0.15) is 17.3 Å². The Labute approximate surface area is 150 Å². The largest absolute Gasteiger partial charge is 0.496 e. The molecule has 5 nitrogen and oxygen atoms in total. The predicted molar refractivity (Wildman–Crippen MR) is 100 cm³/mol. The lowest BCUT2D eigenvalue weighted by atomic mass is 10.1. The third kappa shape index (κ3) is 4.42. The smallest absolute Gasteiger partial charge is 0.128 e. The number of nitrogens with one attached hydrogen (secondary N) is 1. The summed E-state index contributed by atoms with van der Waals surface area (Å²) in [6.07, 6.45) is 5.76. The van der Waals surface area contributed by atoms with Crippen molar-refractivity contribution in [1.29, 1.82) is 0 Å². The second-order valence-corrected chi connectivity index (χ2v) is 6.31. The molecule has 0 saturated carbocycles. The van der Waals surface area contributed by atoms with Crippen molar-refractivity contribution >= 4 is 5.82 Å². The van der Waals surface area contributed by atoms with Crippen LogP contribution >= 0.6 is 0 Å². The molecule has 1 fully saturated rings. The van der Waals surface area contributed by atoms with E-state index in [0.717, 1.165) is 42.5 Å². The van der Waals surface area contributed by atoms with Crippen LogP contribution in [0.15, 0.2) is 36.5 Å². The zero-order chi connectivity index (χ0) is 17.5. The Hall–Kier alpha value is -2.27. The van der Waals surface area contributed by atoms with E-state index in [1.165, 1.54) is 24.8 Å². The van der Waals surface area contributed by atoms with Crippen LogP contribution in [0.3, 0.4) is 0 Å². The Balaban J connectivity index is 1.63. The van der Waals surface area contributed by atoms with E-state index in [9.17, 15) is 0 Å². The van der Waals surface area contributed by atoms with Crippen LogP contribution in [0.5, 0.6) is 11.5 Å². The number of hydrogen-bond acceptors (Lipinski definition) is 5. The summed E-state index contributed by atoms with van der Waals surface area (Å²) in [4.78, 5) is 6.93. The number of nitrogens with zero attached hydrogens (tertiary/aromatic N) is 2. The summed E-state index contributed by atoms with van der Waals surface area (Å²) < 4.78 is 10.9. The third-order valence-corrected chi connectivity index (χ3v) is 4.65. The predicted octanol–water partition coefficient (Wildman–Crippen LogP) is 3.38. The van der Waals surface area contributed by atoms with Crippen LogP contribution in [-0.2, 0) is 13.1 Å². The van der Waals surface area contributed by atoms with Crippen LogP contribution in [0, 0.1) is 0 Å². The number of hydrogen-bond donors (Lipinski definition) is 1. The second kappa shape index (κ2) is 8.72. The first-order valence-electron chi connectivity index (χ1n) is 8.92. The molecule has 0 radical (unpaired) electrons. The van der Waals surface area contributed by atoms with Gasteiger partial charge in [-0.1, -0.05) is 6.07 Å². The van der Waals surface area contributed by atoms with Crippen LogP contribution in [-0.4, -0.2) is 32.3 Å². The van der Waals surface area contributed by atoms with Gasteiger partial charge >= 0.3 is 0 Å². The molecule has 0 aliphatic carbocycles. The summed E-state index contributed by atoms with van der Waals surface area (Å²) in [5, 5.41) is 3.49. The summed E-state index contributed by atoms with van der Waals surface area (Å²) in [6.45, 7) is 3.70. The molecule has 3 rings (SSSR count). The molecule has 0 atom stereocenters.